The Bertz CT molecular complexity index is 1670. The van der Waals surface area contributed by atoms with Gasteiger partial charge in [-0.1, -0.05) is 0 Å². The summed E-state index contributed by atoms with van der Waals surface area (Å²) in [6, 6.07) is 14.7. The quantitative estimate of drug-likeness (QED) is 0.347. The number of benzene rings is 2. The van der Waals surface area contributed by atoms with Gasteiger partial charge in [-0.25, -0.2) is 4.98 Å². The van der Waals surface area contributed by atoms with Gasteiger partial charge in [-0.05, 0) is 55.8 Å². The first-order valence-electron chi connectivity index (χ1n) is 13.1. The molecule has 0 radical (unpaired) electrons. The number of anilines is 4. The van der Waals surface area contributed by atoms with Crippen LogP contribution in [0.15, 0.2) is 67.1 Å². The van der Waals surface area contributed by atoms with E-state index >= 15 is 0 Å². The van der Waals surface area contributed by atoms with E-state index in [0.717, 1.165) is 41.1 Å². The second-order valence-electron chi connectivity index (χ2n) is 9.86. The lowest BCUT2D eigenvalue weighted by Gasteiger charge is -2.28. The number of hydrogen-bond donors (Lipinski definition) is 2. The number of pyridine rings is 2. The maximum atomic E-state index is 12.8. The minimum absolute atomic E-state index is 0.146. The molecule has 2 aromatic heterocycles. The van der Waals surface area contributed by atoms with Gasteiger partial charge in [-0.2, -0.15) is 0 Å². The summed E-state index contributed by atoms with van der Waals surface area (Å²) >= 11 is 0. The zero-order valence-electron chi connectivity index (χ0n) is 21.6. The van der Waals surface area contributed by atoms with Crippen LogP contribution < -0.4 is 29.7 Å². The summed E-state index contributed by atoms with van der Waals surface area (Å²) in [5.41, 5.74) is 5.44. The Hall–Kier alpha value is -5.12. The highest BCUT2D eigenvalue weighted by Crippen LogP contribution is 2.44. The number of nitrogens with one attached hydrogen (secondary N) is 2. The molecule has 2 aromatic carbocycles. The average molecular weight is 536 g/mol. The third kappa shape index (κ3) is 4.33. The molecular formula is C30H25N5O5. The Morgan fingerprint density at radius 2 is 1.82 bits per heavy atom. The van der Waals surface area contributed by atoms with E-state index in [2.05, 4.69) is 20.6 Å². The molecule has 1 atom stereocenters. The van der Waals surface area contributed by atoms with Gasteiger partial charge < -0.3 is 29.7 Å². The van der Waals surface area contributed by atoms with Gasteiger partial charge >= 0.3 is 0 Å². The van der Waals surface area contributed by atoms with Crippen molar-refractivity contribution in [3.05, 3.63) is 78.2 Å². The largest absolute Gasteiger partial charge is 0.485 e. The molecule has 0 saturated carbocycles. The van der Waals surface area contributed by atoms with E-state index in [1.54, 1.807) is 36.7 Å². The number of carbonyl (C=O) groups is 2. The zero-order chi connectivity index (χ0) is 27.2. The van der Waals surface area contributed by atoms with Gasteiger partial charge in [0.05, 0.1) is 23.8 Å². The van der Waals surface area contributed by atoms with Crippen molar-refractivity contribution in [3.63, 3.8) is 0 Å². The molecule has 1 saturated heterocycles. The highest BCUT2D eigenvalue weighted by Gasteiger charge is 2.27. The first-order valence-corrected chi connectivity index (χ1v) is 13.1. The normalized spacial score (nSPS) is 16.7. The van der Waals surface area contributed by atoms with Crippen molar-refractivity contribution in [2.24, 2.45) is 0 Å². The number of carbonyl (C=O) groups excluding carboxylic acids is 2. The number of nitrogens with zero attached hydrogens (tertiary/aromatic N) is 3. The summed E-state index contributed by atoms with van der Waals surface area (Å²) < 4.78 is 16.9. The molecule has 4 aromatic rings. The molecule has 0 bridgehead atoms. The monoisotopic (exact) mass is 535 g/mol. The number of rotatable bonds is 5. The molecule has 200 valence electrons. The van der Waals surface area contributed by atoms with Crippen LogP contribution in [0.4, 0.5) is 22.9 Å². The molecule has 0 spiro atoms. The number of hydrogen-bond acceptors (Lipinski definition) is 8. The third-order valence-corrected chi connectivity index (χ3v) is 7.22. The van der Waals surface area contributed by atoms with Crippen LogP contribution in [0.5, 0.6) is 17.2 Å². The Labute approximate surface area is 229 Å². The van der Waals surface area contributed by atoms with Crippen LogP contribution in [0, 0.1) is 0 Å². The van der Waals surface area contributed by atoms with Crippen molar-refractivity contribution in [1.82, 2.24) is 9.97 Å². The molecule has 3 aliphatic rings. The molecule has 10 nitrogen and oxygen atoms in total. The topological polar surface area (TPSA) is 115 Å². The first kappa shape index (κ1) is 24.0. The molecular weight excluding hydrogens is 510 g/mol. The minimum atomic E-state index is -0.286. The third-order valence-electron chi connectivity index (χ3n) is 7.22. The molecule has 5 heterocycles. The maximum absolute atomic E-state index is 12.8. The predicted octanol–water partition coefficient (Wildman–Crippen LogP) is 5.45. The van der Waals surface area contributed by atoms with Crippen molar-refractivity contribution in [2.45, 2.75) is 25.9 Å². The number of aromatic nitrogens is 2. The molecule has 0 aliphatic carbocycles. The van der Waals surface area contributed by atoms with Crippen LogP contribution in [-0.4, -0.2) is 35.1 Å². The Morgan fingerprint density at radius 1 is 0.950 bits per heavy atom. The van der Waals surface area contributed by atoms with Gasteiger partial charge in [-0.15, -0.1) is 0 Å². The van der Waals surface area contributed by atoms with Crippen LogP contribution in [-0.2, 0) is 4.79 Å². The summed E-state index contributed by atoms with van der Waals surface area (Å²) in [6.07, 6.45) is 6.32. The maximum Gasteiger partial charge on any atom is 0.255 e. The second kappa shape index (κ2) is 9.57. The highest BCUT2D eigenvalue weighted by atomic mass is 16.7. The summed E-state index contributed by atoms with van der Waals surface area (Å²) in [6.45, 7) is 2.87. The Morgan fingerprint density at radius 3 is 2.70 bits per heavy atom. The van der Waals surface area contributed by atoms with Crippen molar-refractivity contribution < 1.29 is 23.8 Å². The number of fused-ring (bicyclic) bond motifs is 4. The van der Waals surface area contributed by atoms with Crippen molar-refractivity contribution in [1.29, 1.82) is 0 Å². The standard InChI is InChI=1S/C30H25N5O5/c1-17-23-12-28(32-15-24(23)22-6-5-21(11-26(22)40-17)35-8-2-3-29(35)36)33-19-10-20(14-31-13-19)34-30(37)18-4-7-25-27(9-18)39-16-38-25/h4-7,9-15,17H,2-3,8,16H2,1H3,(H,32,33)(H,34,37). The van der Waals surface area contributed by atoms with Gasteiger partial charge in [0.25, 0.3) is 5.91 Å². The molecule has 7 rings (SSSR count). The van der Waals surface area contributed by atoms with Gasteiger partial charge in [-0.3, -0.25) is 14.6 Å². The lowest BCUT2D eigenvalue weighted by molar-refractivity contribution is -0.117. The van der Waals surface area contributed by atoms with Gasteiger partial charge in [0, 0.05) is 53.2 Å². The first-order chi connectivity index (χ1) is 19.5. The molecule has 1 fully saturated rings. The average Bonchev–Trinajstić information content (AvgIpc) is 3.61. The van der Waals surface area contributed by atoms with E-state index in [9.17, 15) is 9.59 Å². The van der Waals surface area contributed by atoms with E-state index in [4.69, 9.17) is 14.2 Å². The summed E-state index contributed by atoms with van der Waals surface area (Å²) in [4.78, 5) is 35.7. The van der Waals surface area contributed by atoms with Crippen LogP contribution >= 0.6 is 0 Å². The fourth-order valence-electron chi connectivity index (χ4n) is 5.24. The molecule has 3 aliphatic heterocycles. The Kier molecular flexibility index (Phi) is 5.73. The van der Waals surface area contributed by atoms with E-state index in [-0.39, 0.29) is 24.7 Å². The van der Waals surface area contributed by atoms with E-state index in [0.29, 0.717) is 40.7 Å². The van der Waals surface area contributed by atoms with Crippen LogP contribution in [0.2, 0.25) is 0 Å². The van der Waals surface area contributed by atoms with Gasteiger partial charge in [0.1, 0.15) is 17.7 Å². The molecule has 2 N–H and O–H groups in total. The molecule has 1 unspecified atom stereocenters. The smallest absolute Gasteiger partial charge is 0.255 e. The van der Waals surface area contributed by atoms with Crippen LogP contribution in [0.3, 0.4) is 0 Å². The molecule has 10 heteroatoms. The van der Waals surface area contributed by atoms with Gasteiger partial charge in [0.2, 0.25) is 12.7 Å². The Balaban J connectivity index is 1.09. The molecule has 2 amide bonds. The second-order valence-corrected chi connectivity index (χ2v) is 9.86. The van der Waals surface area contributed by atoms with Crippen molar-refractivity contribution >= 4 is 34.7 Å². The fraction of sp³-hybridized carbons (Fsp3) is 0.200. The van der Waals surface area contributed by atoms with E-state index in [1.165, 1.54) is 0 Å². The summed E-state index contributed by atoms with van der Waals surface area (Å²) in [7, 11) is 0. The highest BCUT2D eigenvalue weighted by molar-refractivity contribution is 6.04. The van der Waals surface area contributed by atoms with Crippen LogP contribution in [0.25, 0.3) is 11.1 Å². The SMILES string of the molecule is CC1Oc2cc(N3CCCC3=O)ccc2-c2cnc(Nc3cncc(NC(=O)c4ccc5c(c4)OCO5)c3)cc21. The number of ether oxygens (including phenoxy) is 3. The van der Waals surface area contributed by atoms with E-state index in [1.807, 2.05) is 42.3 Å². The summed E-state index contributed by atoms with van der Waals surface area (Å²) in [5, 5.41) is 6.14. The molecule has 40 heavy (non-hydrogen) atoms. The van der Waals surface area contributed by atoms with Crippen molar-refractivity contribution in [2.75, 3.05) is 28.9 Å². The zero-order valence-corrected chi connectivity index (χ0v) is 21.6. The van der Waals surface area contributed by atoms with Gasteiger partial charge in [0.15, 0.2) is 11.5 Å². The minimum Gasteiger partial charge on any atom is -0.485 e. The fourth-order valence-corrected chi connectivity index (χ4v) is 5.24. The lowest BCUT2D eigenvalue weighted by atomic mass is 9.94. The summed E-state index contributed by atoms with van der Waals surface area (Å²) in [5.74, 6) is 2.39. The lowest BCUT2D eigenvalue weighted by Crippen LogP contribution is -2.24. The van der Waals surface area contributed by atoms with Crippen LogP contribution in [0.1, 0.15) is 41.8 Å². The van der Waals surface area contributed by atoms with Crippen molar-refractivity contribution in [3.8, 4) is 28.4 Å². The number of amides is 2. The predicted molar refractivity (Wildman–Crippen MR) is 148 cm³/mol. The van der Waals surface area contributed by atoms with E-state index < -0.39 is 0 Å².